The molecule has 222 valence electrons. The summed E-state index contributed by atoms with van der Waals surface area (Å²) < 4.78 is 149. The molecule has 5 rings (SSSR count). The summed E-state index contributed by atoms with van der Waals surface area (Å²) in [5.74, 6) is -22.6. The molecule has 4 aromatic rings. The molecule has 0 N–H and O–H groups in total. The molecule has 43 heavy (non-hydrogen) atoms. The Morgan fingerprint density at radius 2 is 0.698 bits per heavy atom. The third kappa shape index (κ3) is 4.52. The van der Waals surface area contributed by atoms with Crippen molar-refractivity contribution in [3.05, 3.63) is 140 Å². The molecule has 1 aliphatic rings. The molecule has 1 aliphatic heterocycles. The van der Waals surface area contributed by atoms with Crippen molar-refractivity contribution in [1.82, 2.24) is 0 Å². The van der Waals surface area contributed by atoms with Crippen LogP contribution in [0, 0.1) is 72.0 Å². The molecular formula is C32H20F10Si. The van der Waals surface area contributed by atoms with Crippen molar-refractivity contribution in [2.75, 3.05) is 0 Å². The number of hydrogen-bond donors (Lipinski definition) is 0. The Morgan fingerprint density at radius 1 is 0.419 bits per heavy atom. The van der Waals surface area contributed by atoms with E-state index in [-0.39, 0.29) is 22.3 Å². The maximum Gasteiger partial charge on any atom is 0.200 e. The third-order valence-electron chi connectivity index (χ3n) is 7.53. The Labute approximate surface area is 240 Å². The van der Waals surface area contributed by atoms with Crippen LogP contribution in [0.3, 0.4) is 0 Å². The second kappa shape index (κ2) is 10.5. The first kappa shape index (κ1) is 30.3. The highest BCUT2D eigenvalue weighted by molar-refractivity contribution is 7.13. The molecule has 1 heterocycles. The molecule has 0 unspecified atom stereocenters. The second-order valence-corrected chi connectivity index (χ2v) is 15.0. The minimum Gasteiger partial charge on any atom is -0.203 e. The van der Waals surface area contributed by atoms with Crippen molar-refractivity contribution in [3.8, 4) is 0 Å². The Morgan fingerprint density at radius 3 is 0.977 bits per heavy atom. The van der Waals surface area contributed by atoms with E-state index in [1.807, 2.05) is 0 Å². The van der Waals surface area contributed by atoms with Crippen molar-refractivity contribution in [2.24, 2.45) is 0 Å². The zero-order valence-corrected chi connectivity index (χ0v) is 23.9. The molecule has 4 aromatic carbocycles. The van der Waals surface area contributed by atoms with E-state index >= 15 is 17.6 Å². The van der Waals surface area contributed by atoms with Crippen LogP contribution in [-0.2, 0) is 0 Å². The van der Waals surface area contributed by atoms with Gasteiger partial charge in [0.15, 0.2) is 46.5 Å². The predicted octanol–water partition coefficient (Wildman–Crippen LogP) is 10.0. The van der Waals surface area contributed by atoms with Crippen molar-refractivity contribution in [2.45, 2.75) is 26.9 Å². The zero-order chi connectivity index (χ0) is 31.7. The van der Waals surface area contributed by atoms with Crippen LogP contribution in [0.2, 0.25) is 13.1 Å². The summed E-state index contributed by atoms with van der Waals surface area (Å²) >= 11 is 0. The molecule has 0 aliphatic carbocycles. The van der Waals surface area contributed by atoms with Gasteiger partial charge in [0.05, 0.1) is 11.1 Å². The van der Waals surface area contributed by atoms with Crippen LogP contribution in [0.5, 0.6) is 0 Å². The maximum atomic E-state index is 15.6. The number of hydrogen-bond acceptors (Lipinski definition) is 0. The molecule has 0 spiro atoms. The first-order valence-electron chi connectivity index (χ1n) is 12.8. The lowest BCUT2D eigenvalue weighted by Gasteiger charge is -2.27. The number of allylic oxidation sites excluding steroid dienone is 2. The molecule has 0 saturated heterocycles. The fraction of sp³-hybridized carbons (Fsp3) is 0.125. The van der Waals surface area contributed by atoms with Crippen molar-refractivity contribution >= 4 is 29.6 Å². The van der Waals surface area contributed by atoms with Crippen LogP contribution in [0.4, 0.5) is 43.9 Å². The number of rotatable bonds is 4. The monoisotopic (exact) mass is 622 g/mol. The van der Waals surface area contributed by atoms with Gasteiger partial charge in [-0.15, -0.1) is 0 Å². The normalized spacial score (nSPS) is 14.7. The van der Waals surface area contributed by atoms with Crippen LogP contribution in [0.1, 0.15) is 33.4 Å². The fourth-order valence-corrected chi connectivity index (χ4v) is 9.43. The van der Waals surface area contributed by atoms with E-state index in [4.69, 9.17) is 0 Å². The molecule has 11 heteroatoms. The summed E-state index contributed by atoms with van der Waals surface area (Å²) in [7, 11) is -4.17. The average Bonchev–Trinajstić information content (AvgIpc) is 3.20. The van der Waals surface area contributed by atoms with Gasteiger partial charge in [-0.3, -0.25) is 0 Å². The topological polar surface area (TPSA) is 0 Å². The van der Waals surface area contributed by atoms with Crippen LogP contribution >= 0.6 is 0 Å². The summed E-state index contributed by atoms with van der Waals surface area (Å²) in [6.07, 6.45) is 0. The standard InChI is InChI=1S/C32H20F10Si/c1-13-7-5-9-15(11-13)17-18(16-10-6-8-14(2)12-16)32(20-23(35)27(39)30(42)28(40)24(20)36)43(3,4)31(17)19-21(33)25(37)29(41)26(38)22(19)34/h5-12H,1-4H3. The van der Waals surface area contributed by atoms with E-state index in [2.05, 4.69) is 0 Å². The molecule has 0 saturated carbocycles. The van der Waals surface area contributed by atoms with Gasteiger partial charge in [0.1, 0.15) is 8.07 Å². The molecule has 0 radical (unpaired) electrons. The molecular weight excluding hydrogens is 602 g/mol. The smallest absolute Gasteiger partial charge is 0.200 e. The highest BCUT2D eigenvalue weighted by atomic mass is 28.3. The van der Waals surface area contributed by atoms with Crippen LogP contribution in [-0.4, -0.2) is 8.07 Å². The van der Waals surface area contributed by atoms with E-state index in [0.717, 1.165) is 0 Å². The van der Waals surface area contributed by atoms with Gasteiger partial charge >= 0.3 is 0 Å². The maximum absolute atomic E-state index is 15.6. The van der Waals surface area contributed by atoms with Crippen molar-refractivity contribution in [3.63, 3.8) is 0 Å². The summed E-state index contributed by atoms with van der Waals surface area (Å²) in [4.78, 5) is 0. The van der Waals surface area contributed by atoms with Crippen molar-refractivity contribution in [1.29, 1.82) is 0 Å². The van der Waals surface area contributed by atoms with Gasteiger partial charge in [0.25, 0.3) is 0 Å². The first-order valence-corrected chi connectivity index (χ1v) is 15.8. The Balaban J connectivity index is 2.09. The van der Waals surface area contributed by atoms with Crippen molar-refractivity contribution < 1.29 is 43.9 Å². The Kier molecular flexibility index (Phi) is 7.44. The lowest BCUT2D eigenvalue weighted by molar-refractivity contribution is 0.376. The van der Waals surface area contributed by atoms with E-state index in [1.165, 1.54) is 49.5 Å². The quantitative estimate of drug-likeness (QED) is 0.0920. The summed E-state index contributed by atoms with van der Waals surface area (Å²) in [6.45, 7) is 5.88. The average molecular weight is 623 g/mol. The molecule has 0 amide bonds. The number of benzene rings is 4. The van der Waals surface area contributed by atoms with Gasteiger partial charge in [-0.2, -0.15) is 0 Å². The Bertz CT molecular complexity index is 1730. The second-order valence-electron chi connectivity index (χ2n) is 10.8. The predicted molar refractivity (Wildman–Crippen MR) is 146 cm³/mol. The highest BCUT2D eigenvalue weighted by Gasteiger charge is 2.49. The van der Waals surface area contributed by atoms with Gasteiger partial charge < -0.3 is 0 Å². The molecule has 0 nitrogen and oxygen atoms in total. The zero-order valence-electron chi connectivity index (χ0n) is 22.9. The summed E-state index contributed by atoms with van der Waals surface area (Å²) in [5, 5.41) is -0.942. The van der Waals surface area contributed by atoms with Crippen LogP contribution in [0.25, 0.3) is 21.5 Å². The fourth-order valence-electron chi connectivity index (χ4n) is 5.70. The molecule has 0 atom stereocenters. The third-order valence-corrected chi connectivity index (χ3v) is 11.0. The lowest BCUT2D eigenvalue weighted by atomic mass is 9.88. The largest absolute Gasteiger partial charge is 0.203 e. The van der Waals surface area contributed by atoms with E-state index in [1.54, 1.807) is 26.0 Å². The minimum absolute atomic E-state index is 0.159. The van der Waals surface area contributed by atoms with Gasteiger partial charge in [0, 0.05) is 0 Å². The molecule has 0 aromatic heterocycles. The van der Waals surface area contributed by atoms with E-state index < -0.39 is 87.8 Å². The summed E-state index contributed by atoms with van der Waals surface area (Å²) in [5.41, 5.74) is -1.49. The van der Waals surface area contributed by atoms with Crippen LogP contribution < -0.4 is 0 Å². The lowest BCUT2D eigenvalue weighted by Crippen LogP contribution is -2.31. The van der Waals surface area contributed by atoms with Gasteiger partial charge in [-0.05, 0) is 46.5 Å². The van der Waals surface area contributed by atoms with Gasteiger partial charge in [-0.1, -0.05) is 72.8 Å². The van der Waals surface area contributed by atoms with Gasteiger partial charge in [-0.25, -0.2) is 43.9 Å². The SMILES string of the molecule is Cc1cccc(C2=C(c3c(F)c(F)c(F)c(F)c3F)[Si](C)(C)C(c3c(F)c(F)c(F)c(F)c3F)=C2c2cccc(C)c2)c1. The minimum atomic E-state index is -4.17. The number of halogens is 10. The molecule has 0 bridgehead atoms. The summed E-state index contributed by atoms with van der Waals surface area (Å²) in [6, 6.07) is 12.3. The highest BCUT2D eigenvalue weighted by Crippen LogP contribution is 2.57. The van der Waals surface area contributed by atoms with E-state index in [9.17, 15) is 26.3 Å². The van der Waals surface area contributed by atoms with Crippen LogP contribution in [0.15, 0.2) is 48.5 Å². The Hall–Kier alpha value is -4.12. The number of aryl methyl sites for hydroxylation is 2. The first-order chi connectivity index (χ1) is 20.1. The van der Waals surface area contributed by atoms with Gasteiger partial charge in [0.2, 0.25) is 11.6 Å². The molecule has 0 fully saturated rings. The van der Waals surface area contributed by atoms with E-state index in [0.29, 0.717) is 11.1 Å².